The first-order valence-corrected chi connectivity index (χ1v) is 14.9. The zero-order valence-electron chi connectivity index (χ0n) is 11.9. The molecule has 0 aliphatic rings. The van der Waals surface area contributed by atoms with Crippen LogP contribution < -0.4 is 0 Å². The van der Waals surface area contributed by atoms with Gasteiger partial charge in [0.1, 0.15) is 0 Å². The van der Waals surface area contributed by atoms with E-state index in [9.17, 15) is 0 Å². The molecule has 0 saturated carbocycles. The van der Waals surface area contributed by atoms with E-state index >= 15 is 0 Å². The van der Waals surface area contributed by atoms with Crippen LogP contribution in [0.15, 0.2) is 0 Å². The predicted octanol–water partition coefficient (Wildman–Crippen LogP) is 6.05. The normalized spacial score (nSPS) is 10.7. The molecule has 0 aromatic heterocycles. The first-order valence-electron chi connectivity index (χ1n) is 7.57. The van der Waals surface area contributed by atoms with E-state index in [1.807, 2.05) is 0 Å². The first-order chi connectivity index (χ1) is 7.85. The predicted molar refractivity (Wildman–Crippen MR) is 78.8 cm³/mol. The second-order valence-corrected chi connectivity index (χ2v) is 15.4. The Bertz CT molecular complexity index is 98.8. The molecule has 0 saturated heterocycles. The van der Waals surface area contributed by atoms with Crippen molar-refractivity contribution in [2.75, 3.05) is 0 Å². The minimum absolute atomic E-state index is 0.970. The van der Waals surface area contributed by atoms with Crippen molar-refractivity contribution in [3.8, 4) is 0 Å². The van der Waals surface area contributed by atoms with Crippen molar-refractivity contribution in [3.05, 3.63) is 0 Å². The minimum atomic E-state index is -0.970. The van der Waals surface area contributed by atoms with Crippen LogP contribution in [0.4, 0.5) is 0 Å². The van der Waals surface area contributed by atoms with Gasteiger partial charge in [-0.3, -0.25) is 0 Å². The van der Waals surface area contributed by atoms with Crippen molar-refractivity contribution in [3.63, 3.8) is 0 Å². The Hall–Kier alpha value is 0.883. The van der Waals surface area contributed by atoms with Gasteiger partial charge >= 0.3 is 113 Å². The molecular weight excluding hydrogens is 389 g/mol. The fourth-order valence-corrected chi connectivity index (χ4v) is 12.5. The third-order valence-electron chi connectivity index (χ3n) is 3.23. The molecule has 1 heteroatoms. The standard InChI is InChI=1S/3C5H11.Bi/c3*1-3-5-4-2;/h3*1,3-5H2,2H3;/q;;;+2. The van der Waals surface area contributed by atoms with Gasteiger partial charge in [0, 0.05) is 0 Å². The molecule has 0 amide bonds. The molecule has 0 fully saturated rings. The molecule has 0 aliphatic heterocycles. The van der Waals surface area contributed by atoms with Crippen LogP contribution in [0.25, 0.3) is 0 Å². The summed E-state index contributed by atoms with van der Waals surface area (Å²) in [6, 6.07) is 0. The van der Waals surface area contributed by atoms with Gasteiger partial charge in [0.2, 0.25) is 0 Å². The molecule has 0 spiro atoms. The Kier molecular flexibility index (Phi) is 14.7. The van der Waals surface area contributed by atoms with Crippen LogP contribution in [0.2, 0.25) is 12.4 Å². The first kappa shape index (κ1) is 16.9. The zero-order chi connectivity index (χ0) is 12.1. The molecule has 0 aromatic carbocycles. The molecule has 0 bridgehead atoms. The van der Waals surface area contributed by atoms with Gasteiger partial charge < -0.3 is 0 Å². The van der Waals surface area contributed by atoms with E-state index in [2.05, 4.69) is 20.8 Å². The van der Waals surface area contributed by atoms with E-state index < -0.39 is 21.8 Å². The van der Waals surface area contributed by atoms with Gasteiger partial charge in [-0.15, -0.1) is 0 Å². The van der Waals surface area contributed by atoms with E-state index in [-0.39, 0.29) is 0 Å². The van der Waals surface area contributed by atoms with Crippen molar-refractivity contribution in [1.82, 2.24) is 0 Å². The summed E-state index contributed by atoms with van der Waals surface area (Å²) in [6.07, 6.45) is 13.4. The molecule has 0 aliphatic carbocycles. The van der Waals surface area contributed by atoms with E-state index in [4.69, 9.17) is 0 Å². The molecule has 0 aromatic rings. The van der Waals surface area contributed by atoms with Crippen LogP contribution in [0, 0.1) is 0 Å². The summed E-state index contributed by atoms with van der Waals surface area (Å²) in [7, 11) is 0. The van der Waals surface area contributed by atoms with Gasteiger partial charge in [0.05, 0.1) is 0 Å². The molecule has 0 rings (SSSR count). The van der Waals surface area contributed by atoms with E-state index in [0.29, 0.717) is 0 Å². The molecule has 0 nitrogen and oxygen atoms in total. The maximum absolute atomic E-state index is 2.33. The second-order valence-electron chi connectivity index (χ2n) is 4.96. The maximum atomic E-state index is 2.33. The van der Waals surface area contributed by atoms with E-state index in [1.165, 1.54) is 38.5 Å². The van der Waals surface area contributed by atoms with Crippen LogP contribution in [-0.4, -0.2) is 21.8 Å². The average molecular weight is 422 g/mol. The monoisotopic (exact) mass is 422 g/mol. The summed E-state index contributed by atoms with van der Waals surface area (Å²) in [5.74, 6) is 0. The van der Waals surface area contributed by atoms with Crippen molar-refractivity contribution >= 4 is 21.8 Å². The summed E-state index contributed by atoms with van der Waals surface area (Å²) in [6.45, 7) is 6.99. The molecule has 0 N–H and O–H groups in total. The summed E-state index contributed by atoms with van der Waals surface area (Å²) in [4.78, 5) is 0. The van der Waals surface area contributed by atoms with Crippen molar-refractivity contribution in [2.24, 2.45) is 0 Å². The Morgan fingerprint density at radius 1 is 0.500 bits per heavy atom. The van der Waals surface area contributed by atoms with Crippen LogP contribution in [0.3, 0.4) is 0 Å². The number of rotatable bonds is 12. The van der Waals surface area contributed by atoms with Gasteiger partial charge in [0.25, 0.3) is 0 Å². The third-order valence-corrected chi connectivity index (χ3v) is 14.3. The summed E-state index contributed by atoms with van der Waals surface area (Å²) in [5, 5.41) is 0. The van der Waals surface area contributed by atoms with Gasteiger partial charge in [-0.2, -0.15) is 0 Å². The second kappa shape index (κ2) is 13.9. The van der Waals surface area contributed by atoms with Gasteiger partial charge in [0.15, 0.2) is 0 Å². The quantitative estimate of drug-likeness (QED) is 0.265. The topological polar surface area (TPSA) is 0 Å². The zero-order valence-corrected chi connectivity index (χ0v) is 15.4. The number of unbranched alkanes of at least 4 members (excludes halogenated alkanes) is 6. The number of hydrogen-bond donors (Lipinski definition) is 0. The van der Waals surface area contributed by atoms with Gasteiger partial charge in [-0.25, -0.2) is 0 Å². The van der Waals surface area contributed by atoms with Gasteiger partial charge in [-0.1, -0.05) is 0 Å². The molecule has 96 valence electrons. The fourth-order valence-electron chi connectivity index (χ4n) is 2.09. The summed E-state index contributed by atoms with van der Waals surface area (Å²) >= 11 is -0.970. The van der Waals surface area contributed by atoms with E-state index in [1.54, 1.807) is 31.6 Å². The Morgan fingerprint density at radius 2 is 0.812 bits per heavy atom. The van der Waals surface area contributed by atoms with Crippen molar-refractivity contribution in [2.45, 2.75) is 90.9 Å². The molecule has 0 unspecified atom stereocenters. The number of hydrogen-bond acceptors (Lipinski definition) is 0. The van der Waals surface area contributed by atoms with Crippen LogP contribution in [-0.2, 0) is 0 Å². The Labute approximate surface area is 112 Å². The molecule has 0 radical (unpaired) electrons. The van der Waals surface area contributed by atoms with E-state index in [0.717, 1.165) is 0 Å². The average Bonchev–Trinajstić information content (AvgIpc) is 2.29. The molecule has 0 atom stereocenters. The molecule has 0 heterocycles. The van der Waals surface area contributed by atoms with Gasteiger partial charge in [-0.05, 0) is 0 Å². The van der Waals surface area contributed by atoms with Crippen molar-refractivity contribution in [1.29, 1.82) is 0 Å². The van der Waals surface area contributed by atoms with Crippen LogP contribution in [0.1, 0.15) is 78.6 Å². The molecule has 16 heavy (non-hydrogen) atoms. The fraction of sp³-hybridized carbons (Fsp3) is 1.00. The van der Waals surface area contributed by atoms with Crippen molar-refractivity contribution < 1.29 is 0 Å². The molecular formula is C15H33Bi+2. The summed E-state index contributed by atoms with van der Waals surface area (Å²) in [5.41, 5.74) is 0. The Balaban J connectivity index is 3.58. The summed E-state index contributed by atoms with van der Waals surface area (Å²) < 4.78 is 5.11. The van der Waals surface area contributed by atoms with Crippen LogP contribution >= 0.6 is 0 Å². The SMILES string of the molecule is CCCC[CH2][Bi+2]([CH2]CCCC)[CH2]CCCC. The Morgan fingerprint density at radius 3 is 1.06 bits per heavy atom. The van der Waals surface area contributed by atoms with Crippen LogP contribution in [0.5, 0.6) is 0 Å². The third kappa shape index (κ3) is 11.4.